The summed E-state index contributed by atoms with van der Waals surface area (Å²) in [5.74, 6) is 0.416. The van der Waals surface area contributed by atoms with E-state index in [-0.39, 0.29) is 6.04 Å². The van der Waals surface area contributed by atoms with Crippen molar-refractivity contribution < 1.29 is 0 Å². The van der Waals surface area contributed by atoms with Crippen molar-refractivity contribution in [2.45, 2.75) is 19.9 Å². The summed E-state index contributed by atoms with van der Waals surface area (Å²) in [5, 5.41) is 12.0. The molecule has 1 aromatic rings. The molecule has 0 fully saturated rings. The third-order valence-corrected chi connectivity index (χ3v) is 2.33. The Morgan fingerprint density at radius 1 is 1.60 bits per heavy atom. The van der Waals surface area contributed by atoms with Crippen LogP contribution >= 0.6 is 0 Å². The SMILES string of the molecule is CC(C)C(N)CNc1cnccc1C#N. The highest BCUT2D eigenvalue weighted by Gasteiger charge is 2.08. The zero-order valence-corrected chi connectivity index (χ0v) is 9.07. The number of nitrogens with one attached hydrogen (secondary N) is 1. The molecular formula is C11H16N4. The summed E-state index contributed by atoms with van der Waals surface area (Å²) in [5.41, 5.74) is 7.23. The average Bonchev–Trinajstić information content (AvgIpc) is 2.26. The lowest BCUT2D eigenvalue weighted by Gasteiger charge is -2.17. The molecule has 3 N–H and O–H groups in total. The van der Waals surface area contributed by atoms with Gasteiger partial charge in [0, 0.05) is 18.8 Å². The van der Waals surface area contributed by atoms with E-state index in [0.29, 0.717) is 18.0 Å². The summed E-state index contributed by atoms with van der Waals surface area (Å²) in [6.45, 7) is 4.79. The fraction of sp³-hybridized carbons (Fsp3) is 0.455. The summed E-state index contributed by atoms with van der Waals surface area (Å²) in [6, 6.07) is 3.87. The molecule has 0 aliphatic carbocycles. The summed E-state index contributed by atoms with van der Waals surface area (Å²) in [7, 11) is 0. The number of hydrogen-bond donors (Lipinski definition) is 2. The maximum atomic E-state index is 8.84. The highest BCUT2D eigenvalue weighted by atomic mass is 14.9. The van der Waals surface area contributed by atoms with Gasteiger partial charge in [-0.2, -0.15) is 5.26 Å². The van der Waals surface area contributed by atoms with Gasteiger partial charge in [0.25, 0.3) is 0 Å². The molecule has 80 valence electrons. The lowest BCUT2D eigenvalue weighted by Crippen LogP contribution is -2.34. The first-order valence-corrected chi connectivity index (χ1v) is 4.98. The zero-order valence-electron chi connectivity index (χ0n) is 9.07. The first kappa shape index (κ1) is 11.5. The van der Waals surface area contributed by atoms with Crippen molar-refractivity contribution in [1.82, 2.24) is 4.98 Å². The molecule has 0 aliphatic heterocycles. The van der Waals surface area contributed by atoms with E-state index in [0.717, 1.165) is 5.69 Å². The molecule has 0 radical (unpaired) electrons. The molecule has 0 aromatic carbocycles. The smallest absolute Gasteiger partial charge is 0.101 e. The molecule has 1 unspecified atom stereocenters. The van der Waals surface area contributed by atoms with Crippen molar-refractivity contribution in [2.75, 3.05) is 11.9 Å². The summed E-state index contributed by atoms with van der Waals surface area (Å²) < 4.78 is 0. The van der Waals surface area contributed by atoms with E-state index >= 15 is 0 Å². The molecule has 0 amide bonds. The van der Waals surface area contributed by atoms with E-state index in [2.05, 4.69) is 30.2 Å². The van der Waals surface area contributed by atoms with Crippen LogP contribution in [0.15, 0.2) is 18.5 Å². The van der Waals surface area contributed by atoms with Crippen LogP contribution in [-0.4, -0.2) is 17.6 Å². The van der Waals surface area contributed by atoms with Gasteiger partial charge in [0.1, 0.15) is 6.07 Å². The fourth-order valence-electron chi connectivity index (χ4n) is 1.10. The Hall–Kier alpha value is -1.60. The van der Waals surface area contributed by atoms with Crippen molar-refractivity contribution in [3.8, 4) is 6.07 Å². The Kier molecular flexibility index (Phi) is 4.07. The predicted molar refractivity (Wildman–Crippen MR) is 60.3 cm³/mol. The number of nitrogens with zero attached hydrogens (tertiary/aromatic N) is 2. The fourth-order valence-corrected chi connectivity index (χ4v) is 1.10. The van der Waals surface area contributed by atoms with E-state index in [1.165, 1.54) is 0 Å². The van der Waals surface area contributed by atoms with Gasteiger partial charge in [0.2, 0.25) is 0 Å². The molecule has 0 bridgehead atoms. The minimum atomic E-state index is 0.0803. The van der Waals surface area contributed by atoms with Crippen LogP contribution in [0.4, 0.5) is 5.69 Å². The molecule has 0 saturated heterocycles. The molecule has 0 saturated carbocycles. The highest BCUT2D eigenvalue weighted by Crippen LogP contribution is 2.12. The number of rotatable bonds is 4. The number of pyridine rings is 1. The second-order valence-electron chi connectivity index (χ2n) is 3.82. The van der Waals surface area contributed by atoms with Crippen LogP contribution in [0, 0.1) is 17.2 Å². The molecule has 15 heavy (non-hydrogen) atoms. The Labute approximate surface area is 90.1 Å². The number of anilines is 1. The third kappa shape index (κ3) is 3.22. The quantitative estimate of drug-likeness (QED) is 0.776. The molecule has 4 heteroatoms. The molecule has 1 rings (SSSR count). The monoisotopic (exact) mass is 204 g/mol. The Balaban J connectivity index is 2.62. The number of hydrogen-bond acceptors (Lipinski definition) is 4. The second kappa shape index (κ2) is 5.32. The minimum absolute atomic E-state index is 0.0803. The van der Waals surface area contributed by atoms with Gasteiger partial charge >= 0.3 is 0 Å². The van der Waals surface area contributed by atoms with Crippen molar-refractivity contribution in [2.24, 2.45) is 11.7 Å². The Morgan fingerprint density at radius 3 is 2.93 bits per heavy atom. The molecule has 4 nitrogen and oxygen atoms in total. The first-order valence-electron chi connectivity index (χ1n) is 4.98. The topological polar surface area (TPSA) is 74.7 Å². The molecule has 1 heterocycles. The first-order chi connectivity index (χ1) is 7.15. The lowest BCUT2D eigenvalue weighted by molar-refractivity contribution is 0.511. The number of nitrogens with two attached hydrogens (primary N) is 1. The van der Waals surface area contributed by atoms with Gasteiger partial charge in [-0.1, -0.05) is 13.8 Å². The van der Waals surface area contributed by atoms with Gasteiger partial charge in [-0.3, -0.25) is 4.98 Å². The Bertz CT molecular complexity index is 354. The van der Waals surface area contributed by atoms with Gasteiger partial charge in [0.15, 0.2) is 0 Å². The van der Waals surface area contributed by atoms with Gasteiger partial charge in [-0.25, -0.2) is 0 Å². The summed E-state index contributed by atoms with van der Waals surface area (Å²) in [6.07, 6.45) is 3.25. The average molecular weight is 204 g/mol. The predicted octanol–water partition coefficient (Wildman–Crippen LogP) is 1.35. The van der Waals surface area contributed by atoms with Crippen LogP contribution in [0.25, 0.3) is 0 Å². The third-order valence-electron chi connectivity index (χ3n) is 2.33. The van der Waals surface area contributed by atoms with E-state index < -0.39 is 0 Å². The Morgan fingerprint density at radius 2 is 2.33 bits per heavy atom. The second-order valence-corrected chi connectivity index (χ2v) is 3.82. The maximum Gasteiger partial charge on any atom is 0.101 e. The largest absolute Gasteiger partial charge is 0.381 e. The van der Waals surface area contributed by atoms with Gasteiger partial charge in [-0.05, 0) is 12.0 Å². The van der Waals surface area contributed by atoms with Crippen molar-refractivity contribution in [3.63, 3.8) is 0 Å². The van der Waals surface area contributed by atoms with Crippen molar-refractivity contribution in [1.29, 1.82) is 5.26 Å². The van der Waals surface area contributed by atoms with Crippen molar-refractivity contribution >= 4 is 5.69 Å². The van der Waals surface area contributed by atoms with Crippen LogP contribution in [0.3, 0.4) is 0 Å². The minimum Gasteiger partial charge on any atom is -0.381 e. The normalized spacial score (nSPS) is 12.2. The van der Waals surface area contributed by atoms with Crippen LogP contribution in [-0.2, 0) is 0 Å². The standard InChI is InChI=1S/C11H16N4/c1-8(2)10(13)6-15-11-7-14-4-3-9(11)5-12/h3-4,7-8,10,15H,6,13H2,1-2H3. The molecular weight excluding hydrogens is 188 g/mol. The van der Waals surface area contributed by atoms with E-state index in [1.807, 2.05) is 0 Å². The van der Waals surface area contributed by atoms with E-state index in [4.69, 9.17) is 11.0 Å². The van der Waals surface area contributed by atoms with Crippen LogP contribution < -0.4 is 11.1 Å². The summed E-state index contributed by atoms with van der Waals surface area (Å²) >= 11 is 0. The van der Waals surface area contributed by atoms with Crippen LogP contribution in [0.2, 0.25) is 0 Å². The van der Waals surface area contributed by atoms with Gasteiger partial charge in [-0.15, -0.1) is 0 Å². The van der Waals surface area contributed by atoms with Gasteiger partial charge in [0.05, 0.1) is 17.4 Å². The highest BCUT2D eigenvalue weighted by molar-refractivity contribution is 5.55. The number of nitriles is 1. The number of aromatic nitrogens is 1. The summed E-state index contributed by atoms with van der Waals surface area (Å²) in [4.78, 5) is 3.96. The van der Waals surface area contributed by atoms with E-state index in [1.54, 1.807) is 18.5 Å². The van der Waals surface area contributed by atoms with Crippen LogP contribution in [0.5, 0.6) is 0 Å². The maximum absolute atomic E-state index is 8.84. The molecule has 1 aromatic heterocycles. The lowest BCUT2D eigenvalue weighted by atomic mass is 10.1. The molecule has 0 aliphatic rings. The van der Waals surface area contributed by atoms with Crippen molar-refractivity contribution in [3.05, 3.63) is 24.0 Å². The molecule has 0 spiro atoms. The van der Waals surface area contributed by atoms with E-state index in [9.17, 15) is 0 Å². The molecule has 1 atom stereocenters. The van der Waals surface area contributed by atoms with Crippen LogP contribution in [0.1, 0.15) is 19.4 Å². The zero-order chi connectivity index (χ0) is 11.3. The van der Waals surface area contributed by atoms with Gasteiger partial charge < -0.3 is 11.1 Å².